The first kappa shape index (κ1) is 18.9. The Morgan fingerprint density at radius 1 is 1.03 bits per heavy atom. The van der Waals surface area contributed by atoms with Crippen LogP contribution in [-0.2, 0) is 11.2 Å². The maximum atomic E-state index is 13.8. The lowest BCUT2D eigenvalue weighted by atomic mass is 10.2. The molecule has 0 radical (unpaired) electrons. The summed E-state index contributed by atoms with van der Waals surface area (Å²) in [5.74, 6) is 0.0814. The minimum atomic E-state index is -0.433. The highest BCUT2D eigenvalue weighted by Gasteiger charge is 2.26. The number of halogens is 1. The number of rotatable bonds is 5. The molecule has 1 saturated heterocycles. The van der Waals surface area contributed by atoms with Gasteiger partial charge in [0.1, 0.15) is 5.82 Å². The maximum Gasteiger partial charge on any atom is 0.289 e. The highest BCUT2D eigenvalue weighted by atomic mass is 19.1. The van der Waals surface area contributed by atoms with E-state index in [4.69, 9.17) is 8.94 Å². The van der Waals surface area contributed by atoms with E-state index in [2.05, 4.69) is 10.1 Å². The van der Waals surface area contributed by atoms with Gasteiger partial charge in [-0.05, 0) is 24.3 Å². The summed E-state index contributed by atoms with van der Waals surface area (Å²) in [5, 5.41) is 3.79. The summed E-state index contributed by atoms with van der Waals surface area (Å²) in [4.78, 5) is 32.3. The minimum absolute atomic E-state index is 0.0549. The molecule has 2 amide bonds. The van der Waals surface area contributed by atoms with Crippen molar-refractivity contribution in [1.29, 1.82) is 0 Å². The normalized spacial score (nSPS) is 14.2. The fraction of sp³-hybridized carbons (Fsp3) is 0.300. The molecule has 0 bridgehead atoms. The number of aromatic nitrogens is 2. The molecule has 0 atom stereocenters. The summed E-state index contributed by atoms with van der Waals surface area (Å²) in [6.45, 7) is 1.80. The third-order valence-corrected chi connectivity index (χ3v) is 4.79. The molecule has 1 aliphatic heterocycles. The quantitative estimate of drug-likeness (QED) is 0.655. The minimum Gasteiger partial charge on any atom is -0.459 e. The molecule has 0 spiro atoms. The molecular weight excluding hydrogens is 379 g/mol. The van der Waals surface area contributed by atoms with Crippen molar-refractivity contribution in [2.45, 2.75) is 12.8 Å². The Morgan fingerprint density at radius 3 is 2.52 bits per heavy atom. The van der Waals surface area contributed by atoms with Crippen LogP contribution in [0.1, 0.15) is 22.9 Å². The van der Waals surface area contributed by atoms with E-state index in [1.54, 1.807) is 40.1 Å². The number of nitrogens with zero attached hydrogens (tertiary/aromatic N) is 4. The van der Waals surface area contributed by atoms with E-state index in [1.165, 1.54) is 12.3 Å². The van der Waals surface area contributed by atoms with E-state index in [0.717, 1.165) is 0 Å². The van der Waals surface area contributed by atoms with Gasteiger partial charge < -0.3 is 18.7 Å². The van der Waals surface area contributed by atoms with Crippen molar-refractivity contribution in [1.82, 2.24) is 19.9 Å². The molecule has 0 N–H and O–H groups in total. The van der Waals surface area contributed by atoms with E-state index < -0.39 is 5.82 Å². The Kier molecular flexibility index (Phi) is 5.37. The molecule has 3 aromatic rings. The van der Waals surface area contributed by atoms with Crippen molar-refractivity contribution in [2.75, 3.05) is 26.2 Å². The van der Waals surface area contributed by atoms with Crippen LogP contribution in [0.2, 0.25) is 0 Å². The fourth-order valence-corrected chi connectivity index (χ4v) is 3.20. The van der Waals surface area contributed by atoms with Gasteiger partial charge in [0.25, 0.3) is 5.91 Å². The van der Waals surface area contributed by atoms with Gasteiger partial charge in [-0.2, -0.15) is 4.98 Å². The number of benzene rings is 1. The largest absolute Gasteiger partial charge is 0.459 e. The van der Waals surface area contributed by atoms with Gasteiger partial charge in [-0.1, -0.05) is 17.3 Å². The fourth-order valence-electron chi connectivity index (χ4n) is 3.20. The molecule has 1 fully saturated rings. The zero-order valence-corrected chi connectivity index (χ0v) is 15.6. The highest BCUT2D eigenvalue weighted by molar-refractivity contribution is 5.91. The molecular formula is C20H19FN4O4. The Morgan fingerprint density at radius 2 is 1.79 bits per heavy atom. The molecule has 0 saturated carbocycles. The summed E-state index contributed by atoms with van der Waals surface area (Å²) in [7, 11) is 0. The summed E-state index contributed by atoms with van der Waals surface area (Å²) >= 11 is 0. The lowest BCUT2D eigenvalue weighted by Gasteiger charge is -2.34. The average molecular weight is 398 g/mol. The number of hydrogen-bond acceptors (Lipinski definition) is 6. The SMILES string of the molecule is O=C(CCc1nc(-c2ccccc2F)no1)N1CCN(C(=O)c2ccco2)CC1. The van der Waals surface area contributed by atoms with Crippen molar-refractivity contribution < 1.29 is 22.9 Å². The molecule has 4 rings (SSSR count). The van der Waals surface area contributed by atoms with E-state index >= 15 is 0 Å². The number of amides is 2. The number of piperazine rings is 1. The van der Waals surface area contributed by atoms with E-state index in [9.17, 15) is 14.0 Å². The van der Waals surface area contributed by atoms with Crippen LogP contribution in [0.15, 0.2) is 51.6 Å². The topological polar surface area (TPSA) is 92.7 Å². The second-order valence-corrected chi connectivity index (χ2v) is 6.64. The van der Waals surface area contributed by atoms with Gasteiger partial charge in [0.15, 0.2) is 5.76 Å². The number of carbonyl (C=O) groups is 2. The summed E-state index contributed by atoms with van der Waals surface area (Å²) in [6.07, 6.45) is 1.93. The first-order valence-electron chi connectivity index (χ1n) is 9.30. The van der Waals surface area contributed by atoms with Crippen LogP contribution < -0.4 is 0 Å². The summed E-state index contributed by atoms with van der Waals surface area (Å²) < 4.78 is 24.1. The van der Waals surface area contributed by atoms with Crippen molar-refractivity contribution in [3.05, 3.63) is 60.1 Å². The lowest BCUT2D eigenvalue weighted by Crippen LogP contribution is -2.50. The van der Waals surface area contributed by atoms with E-state index in [0.29, 0.717) is 31.9 Å². The van der Waals surface area contributed by atoms with Gasteiger partial charge >= 0.3 is 0 Å². The first-order valence-corrected chi connectivity index (χ1v) is 9.30. The molecule has 8 nitrogen and oxygen atoms in total. The number of hydrogen-bond donors (Lipinski definition) is 0. The van der Waals surface area contributed by atoms with Crippen LogP contribution in [0.4, 0.5) is 4.39 Å². The van der Waals surface area contributed by atoms with Crippen molar-refractivity contribution >= 4 is 11.8 Å². The van der Waals surface area contributed by atoms with Gasteiger partial charge in [-0.25, -0.2) is 4.39 Å². The number of carbonyl (C=O) groups excluding carboxylic acids is 2. The van der Waals surface area contributed by atoms with Crippen molar-refractivity contribution in [3.8, 4) is 11.4 Å². The molecule has 150 valence electrons. The van der Waals surface area contributed by atoms with Gasteiger partial charge in [0, 0.05) is 39.0 Å². The summed E-state index contributed by atoms with van der Waals surface area (Å²) in [5.41, 5.74) is 0.256. The van der Waals surface area contributed by atoms with Crippen molar-refractivity contribution in [3.63, 3.8) is 0 Å². The Bertz CT molecular complexity index is 994. The van der Waals surface area contributed by atoms with Crippen LogP contribution in [0.3, 0.4) is 0 Å². The van der Waals surface area contributed by atoms with Crippen LogP contribution in [0.5, 0.6) is 0 Å². The number of aryl methyl sites for hydroxylation is 1. The first-order chi connectivity index (χ1) is 14.1. The molecule has 29 heavy (non-hydrogen) atoms. The van der Waals surface area contributed by atoms with Crippen LogP contribution in [0, 0.1) is 5.82 Å². The molecule has 9 heteroatoms. The molecule has 0 unspecified atom stereocenters. The van der Waals surface area contributed by atoms with Gasteiger partial charge in [0.05, 0.1) is 11.8 Å². The molecule has 2 aromatic heterocycles. The molecule has 0 aliphatic carbocycles. The van der Waals surface area contributed by atoms with Crippen LogP contribution in [0.25, 0.3) is 11.4 Å². The third kappa shape index (κ3) is 4.18. The Hall–Kier alpha value is -3.49. The van der Waals surface area contributed by atoms with Gasteiger partial charge in [-0.15, -0.1) is 0 Å². The molecule has 1 aliphatic rings. The third-order valence-electron chi connectivity index (χ3n) is 4.79. The van der Waals surface area contributed by atoms with Gasteiger partial charge in [-0.3, -0.25) is 9.59 Å². The second kappa shape index (κ2) is 8.26. The maximum absolute atomic E-state index is 13.8. The Labute approximate surface area is 165 Å². The summed E-state index contributed by atoms with van der Waals surface area (Å²) in [6, 6.07) is 9.46. The Balaban J connectivity index is 1.28. The predicted octanol–water partition coefficient (Wildman–Crippen LogP) is 2.39. The van der Waals surface area contributed by atoms with Gasteiger partial charge in [0.2, 0.25) is 17.6 Å². The van der Waals surface area contributed by atoms with Crippen LogP contribution >= 0.6 is 0 Å². The molecule has 3 heterocycles. The average Bonchev–Trinajstić information content (AvgIpc) is 3.44. The smallest absolute Gasteiger partial charge is 0.289 e. The van der Waals surface area contributed by atoms with Crippen LogP contribution in [-0.4, -0.2) is 57.9 Å². The predicted molar refractivity (Wildman–Crippen MR) is 99.2 cm³/mol. The lowest BCUT2D eigenvalue weighted by molar-refractivity contribution is -0.132. The standard InChI is InChI=1S/C20H19FN4O4/c21-15-5-2-1-4-14(15)19-22-17(29-23-19)7-8-18(26)24-9-11-25(12-10-24)20(27)16-6-3-13-28-16/h1-6,13H,7-12H2. The molecule has 1 aromatic carbocycles. The zero-order valence-electron chi connectivity index (χ0n) is 15.6. The monoisotopic (exact) mass is 398 g/mol. The number of furan rings is 1. The zero-order chi connectivity index (χ0) is 20.2. The van der Waals surface area contributed by atoms with E-state index in [-0.39, 0.29) is 41.9 Å². The highest BCUT2D eigenvalue weighted by Crippen LogP contribution is 2.19. The van der Waals surface area contributed by atoms with Crippen molar-refractivity contribution in [2.24, 2.45) is 0 Å². The van der Waals surface area contributed by atoms with E-state index in [1.807, 2.05) is 0 Å². The second-order valence-electron chi connectivity index (χ2n) is 6.64.